The maximum atomic E-state index is 7.08. The average Bonchev–Trinajstić information content (AvgIpc) is 3.33. The van der Waals surface area contributed by atoms with E-state index in [4.69, 9.17) is 9.47 Å². The molecule has 3 heteroatoms. The molecule has 0 spiro atoms. The Morgan fingerprint density at radius 3 is 2.38 bits per heavy atom. The third-order valence-corrected chi connectivity index (χ3v) is 9.68. The topological polar surface area (TPSA) is 18.5 Å². The SMILES string of the molecule is COc1ccc(CO[C@]2(C(C)C)C[N@+]3(Cc4ccccc4)C[C@@H](C)[C@@H]4CC[C@H]2[C@@]43C)cc1. The van der Waals surface area contributed by atoms with Gasteiger partial charge in [0.25, 0.3) is 0 Å². The Hall–Kier alpha value is -1.84. The molecular weight excluding hydrogens is 394 g/mol. The zero-order valence-corrected chi connectivity index (χ0v) is 20.5. The first kappa shape index (κ1) is 22.0. The summed E-state index contributed by atoms with van der Waals surface area (Å²) in [4.78, 5) is 0. The lowest BCUT2D eigenvalue weighted by molar-refractivity contribution is -0.968. The number of quaternary nitrogens is 1. The van der Waals surface area contributed by atoms with E-state index >= 15 is 0 Å². The summed E-state index contributed by atoms with van der Waals surface area (Å²) >= 11 is 0. The van der Waals surface area contributed by atoms with Crippen molar-refractivity contribution in [2.24, 2.45) is 23.7 Å². The lowest BCUT2D eigenvalue weighted by atomic mass is 9.72. The molecule has 1 saturated carbocycles. The summed E-state index contributed by atoms with van der Waals surface area (Å²) in [7, 11) is 1.72. The Morgan fingerprint density at radius 2 is 1.72 bits per heavy atom. The molecule has 1 aliphatic carbocycles. The highest BCUT2D eigenvalue weighted by molar-refractivity contribution is 5.27. The minimum Gasteiger partial charge on any atom is -0.497 e. The van der Waals surface area contributed by atoms with Gasteiger partial charge in [0.2, 0.25) is 0 Å². The summed E-state index contributed by atoms with van der Waals surface area (Å²) in [6, 6.07) is 19.6. The molecule has 2 saturated heterocycles. The predicted octanol–water partition coefficient (Wildman–Crippen LogP) is 6.07. The molecule has 3 aliphatic rings. The fourth-order valence-corrected chi connectivity index (χ4v) is 8.23. The monoisotopic (exact) mass is 434 g/mol. The zero-order valence-electron chi connectivity index (χ0n) is 20.5. The summed E-state index contributed by atoms with van der Waals surface area (Å²) in [6.45, 7) is 14.2. The van der Waals surface area contributed by atoms with E-state index in [1.54, 1.807) is 7.11 Å². The maximum Gasteiger partial charge on any atom is 0.128 e. The lowest BCUT2D eigenvalue weighted by Crippen LogP contribution is -2.57. The van der Waals surface area contributed by atoms with Crippen LogP contribution in [0.5, 0.6) is 5.75 Å². The molecule has 2 aliphatic heterocycles. The van der Waals surface area contributed by atoms with E-state index in [0.717, 1.165) is 30.7 Å². The molecule has 6 atom stereocenters. The van der Waals surface area contributed by atoms with Gasteiger partial charge < -0.3 is 14.0 Å². The largest absolute Gasteiger partial charge is 0.497 e. The van der Waals surface area contributed by atoms with Crippen LogP contribution in [-0.4, -0.2) is 35.8 Å². The van der Waals surface area contributed by atoms with Gasteiger partial charge in [-0.3, -0.25) is 0 Å². The van der Waals surface area contributed by atoms with Crippen molar-refractivity contribution in [2.75, 3.05) is 20.2 Å². The molecule has 0 N–H and O–H groups in total. The van der Waals surface area contributed by atoms with E-state index < -0.39 is 0 Å². The van der Waals surface area contributed by atoms with Gasteiger partial charge in [-0.05, 0) is 43.4 Å². The second-order valence-corrected chi connectivity index (χ2v) is 11.3. The highest BCUT2D eigenvalue weighted by Crippen LogP contribution is 2.67. The molecule has 3 fully saturated rings. The minimum atomic E-state index is -0.0711. The summed E-state index contributed by atoms with van der Waals surface area (Å²) < 4.78 is 13.6. The molecule has 172 valence electrons. The van der Waals surface area contributed by atoms with Crippen molar-refractivity contribution in [2.45, 2.75) is 64.8 Å². The van der Waals surface area contributed by atoms with Gasteiger partial charge in [-0.25, -0.2) is 0 Å². The third-order valence-electron chi connectivity index (χ3n) is 9.68. The Morgan fingerprint density at radius 1 is 1.00 bits per heavy atom. The van der Waals surface area contributed by atoms with Gasteiger partial charge in [0.1, 0.15) is 30.0 Å². The summed E-state index contributed by atoms with van der Waals surface area (Å²) in [5.74, 6) is 3.61. The first-order valence-corrected chi connectivity index (χ1v) is 12.5. The van der Waals surface area contributed by atoms with Crippen LogP contribution < -0.4 is 4.74 Å². The van der Waals surface area contributed by atoms with E-state index in [9.17, 15) is 0 Å². The van der Waals surface area contributed by atoms with Crippen molar-refractivity contribution in [3.05, 3.63) is 65.7 Å². The first-order valence-electron chi connectivity index (χ1n) is 12.5. The van der Waals surface area contributed by atoms with Crippen molar-refractivity contribution >= 4 is 0 Å². The van der Waals surface area contributed by atoms with Gasteiger partial charge in [0.15, 0.2) is 0 Å². The quantitative estimate of drug-likeness (QED) is 0.492. The van der Waals surface area contributed by atoms with Crippen LogP contribution >= 0.6 is 0 Å². The predicted molar refractivity (Wildman–Crippen MR) is 129 cm³/mol. The van der Waals surface area contributed by atoms with E-state index in [0.29, 0.717) is 24.0 Å². The van der Waals surface area contributed by atoms with Crippen LogP contribution in [0.4, 0.5) is 0 Å². The number of nitrogens with zero attached hydrogens (tertiary/aromatic N) is 1. The van der Waals surface area contributed by atoms with E-state index in [1.165, 1.54) is 35.0 Å². The van der Waals surface area contributed by atoms with E-state index in [2.05, 4.69) is 70.2 Å². The van der Waals surface area contributed by atoms with Gasteiger partial charge in [-0.1, -0.05) is 63.2 Å². The van der Waals surface area contributed by atoms with Crippen LogP contribution in [0.3, 0.4) is 0 Å². The van der Waals surface area contributed by atoms with Crippen LogP contribution in [0.15, 0.2) is 54.6 Å². The minimum absolute atomic E-state index is 0.0711. The van der Waals surface area contributed by atoms with E-state index in [-0.39, 0.29) is 5.60 Å². The van der Waals surface area contributed by atoms with Crippen LogP contribution in [0.1, 0.15) is 51.7 Å². The molecule has 0 unspecified atom stereocenters. The molecule has 0 amide bonds. The number of methoxy groups -OCH3 is 1. The Kier molecular flexibility index (Phi) is 5.41. The second-order valence-electron chi connectivity index (χ2n) is 11.3. The van der Waals surface area contributed by atoms with Gasteiger partial charge in [0, 0.05) is 23.3 Å². The number of ether oxygens (including phenoxy) is 2. The van der Waals surface area contributed by atoms with Crippen molar-refractivity contribution < 1.29 is 14.0 Å². The fourth-order valence-electron chi connectivity index (χ4n) is 8.23. The van der Waals surface area contributed by atoms with Gasteiger partial charge >= 0.3 is 0 Å². The smallest absolute Gasteiger partial charge is 0.128 e. The summed E-state index contributed by atoms with van der Waals surface area (Å²) in [5, 5.41) is 0. The van der Waals surface area contributed by atoms with Crippen molar-refractivity contribution in [3.63, 3.8) is 0 Å². The van der Waals surface area contributed by atoms with Crippen LogP contribution in [0.25, 0.3) is 0 Å². The number of hydrogen-bond acceptors (Lipinski definition) is 2. The summed E-state index contributed by atoms with van der Waals surface area (Å²) in [6.07, 6.45) is 2.67. The molecule has 32 heavy (non-hydrogen) atoms. The number of hydrogen-bond donors (Lipinski definition) is 0. The summed E-state index contributed by atoms with van der Waals surface area (Å²) in [5.41, 5.74) is 2.94. The average molecular weight is 435 g/mol. The highest BCUT2D eigenvalue weighted by Gasteiger charge is 2.78. The van der Waals surface area contributed by atoms with Gasteiger partial charge in [0.05, 0.1) is 20.3 Å². The lowest BCUT2D eigenvalue weighted by Gasteiger charge is -2.43. The van der Waals surface area contributed by atoms with E-state index in [1.807, 2.05) is 12.1 Å². The molecular formula is C29H40NO2+. The molecule has 2 heterocycles. The molecule has 2 aromatic carbocycles. The van der Waals surface area contributed by atoms with Gasteiger partial charge in [-0.2, -0.15) is 0 Å². The van der Waals surface area contributed by atoms with Crippen molar-refractivity contribution in [3.8, 4) is 5.75 Å². The number of rotatable bonds is 7. The Bertz CT molecular complexity index is 941. The molecule has 3 nitrogen and oxygen atoms in total. The maximum absolute atomic E-state index is 7.08. The number of benzene rings is 2. The van der Waals surface area contributed by atoms with Crippen LogP contribution in [0, 0.1) is 23.7 Å². The van der Waals surface area contributed by atoms with Crippen molar-refractivity contribution in [1.82, 2.24) is 0 Å². The first-order chi connectivity index (χ1) is 15.3. The molecule has 0 radical (unpaired) electrons. The standard InChI is InChI=1S/C29H40NO2/c1-21(2)29(32-19-24-11-13-25(31-5)14-12-24)20-30(18-23-9-7-6-8-10-23)17-22(3)26-15-16-27(29)28(26,30)4/h6-14,21-22,26-27H,15-20H2,1-5H3/q+1/t22-,26+,27+,28-,29+,30-/m1/s1. The van der Waals surface area contributed by atoms with Crippen LogP contribution in [-0.2, 0) is 17.9 Å². The van der Waals surface area contributed by atoms with Crippen molar-refractivity contribution in [1.29, 1.82) is 0 Å². The fraction of sp³-hybridized carbons (Fsp3) is 0.586. The van der Waals surface area contributed by atoms with Crippen LogP contribution in [0.2, 0.25) is 0 Å². The highest BCUT2D eigenvalue weighted by atomic mass is 16.5. The molecule has 0 aromatic heterocycles. The normalized spacial score (nSPS) is 37.8. The zero-order chi connectivity index (χ0) is 22.6. The Balaban J connectivity index is 1.50. The van der Waals surface area contributed by atoms with Gasteiger partial charge in [-0.15, -0.1) is 0 Å². The third kappa shape index (κ3) is 3.08. The molecule has 0 bridgehead atoms. The molecule has 2 aromatic rings. The Labute approximate surface area is 194 Å². The second kappa shape index (κ2) is 7.88. The molecule has 5 rings (SSSR count).